The highest BCUT2D eigenvalue weighted by atomic mass is 16.1. The summed E-state index contributed by atoms with van der Waals surface area (Å²) in [4.78, 5) is 20.3. The zero-order valence-corrected chi connectivity index (χ0v) is 10.8. The van der Waals surface area contributed by atoms with Gasteiger partial charge in [-0.05, 0) is 12.5 Å². The number of hydrogen-bond acceptors (Lipinski definition) is 4. The predicted molar refractivity (Wildman–Crippen MR) is 67.7 cm³/mol. The summed E-state index contributed by atoms with van der Waals surface area (Å²) in [7, 11) is 0. The monoisotopic (exact) mass is 244 g/mol. The van der Waals surface area contributed by atoms with Gasteiger partial charge in [-0.1, -0.05) is 20.8 Å². The van der Waals surface area contributed by atoms with Crippen LogP contribution in [0.5, 0.6) is 0 Å². The molecule has 0 fully saturated rings. The molecule has 0 saturated heterocycles. The van der Waals surface area contributed by atoms with Gasteiger partial charge in [0.2, 0.25) is 5.95 Å². The minimum atomic E-state index is -0.0374. The van der Waals surface area contributed by atoms with Crippen LogP contribution in [0.25, 0.3) is 5.95 Å². The largest absolute Gasteiger partial charge is 0.294 e. The van der Waals surface area contributed by atoms with Gasteiger partial charge in [0.15, 0.2) is 5.78 Å². The number of aromatic nitrogens is 4. The van der Waals surface area contributed by atoms with E-state index in [9.17, 15) is 4.79 Å². The standard InChI is InChI=1S/C13H16N4O/c1-4-11-10(12(18)9(2)3)8-17(16-11)13-14-6-5-7-15-13/h5-9H,4H2,1-3H3. The molecule has 2 aromatic heterocycles. The highest BCUT2D eigenvalue weighted by molar-refractivity contribution is 5.98. The molecule has 0 aliphatic carbocycles. The number of nitrogens with zero attached hydrogens (tertiary/aromatic N) is 4. The van der Waals surface area contributed by atoms with Crippen molar-refractivity contribution in [3.05, 3.63) is 35.9 Å². The first kappa shape index (κ1) is 12.4. The van der Waals surface area contributed by atoms with Crippen LogP contribution in [0.3, 0.4) is 0 Å². The molecule has 5 heteroatoms. The summed E-state index contributed by atoms with van der Waals surface area (Å²) >= 11 is 0. The Morgan fingerprint density at radius 1 is 1.33 bits per heavy atom. The van der Waals surface area contributed by atoms with Gasteiger partial charge in [-0.25, -0.2) is 14.6 Å². The molecule has 0 aromatic carbocycles. The Kier molecular flexibility index (Phi) is 3.50. The van der Waals surface area contributed by atoms with Crippen LogP contribution >= 0.6 is 0 Å². The lowest BCUT2D eigenvalue weighted by Gasteiger charge is -2.01. The van der Waals surface area contributed by atoms with Crippen molar-refractivity contribution in [1.82, 2.24) is 19.7 Å². The fourth-order valence-corrected chi connectivity index (χ4v) is 1.70. The van der Waals surface area contributed by atoms with Gasteiger partial charge in [0, 0.05) is 24.5 Å². The first-order chi connectivity index (χ1) is 8.63. The second-order valence-electron chi connectivity index (χ2n) is 4.36. The second-order valence-corrected chi connectivity index (χ2v) is 4.36. The third kappa shape index (κ3) is 2.30. The van der Waals surface area contributed by atoms with Gasteiger partial charge in [0.05, 0.1) is 11.3 Å². The summed E-state index contributed by atoms with van der Waals surface area (Å²) in [5, 5.41) is 4.37. The first-order valence-corrected chi connectivity index (χ1v) is 6.03. The average Bonchev–Trinajstić information content (AvgIpc) is 2.82. The highest BCUT2D eigenvalue weighted by Gasteiger charge is 2.18. The highest BCUT2D eigenvalue weighted by Crippen LogP contribution is 2.15. The average molecular weight is 244 g/mol. The van der Waals surface area contributed by atoms with E-state index in [-0.39, 0.29) is 11.7 Å². The van der Waals surface area contributed by atoms with Crippen molar-refractivity contribution in [2.24, 2.45) is 5.92 Å². The summed E-state index contributed by atoms with van der Waals surface area (Å²) in [5.74, 6) is 0.550. The van der Waals surface area contributed by atoms with Crippen LogP contribution in [-0.4, -0.2) is 25.5 Å². The van der Waals surface area contributed by atoms with Gasteiger partial charge in [-0.15, -0.1) is 0 Å². The maximum absolute atomic E-state index is 12.1. The van der Waals surface area contributed by atoms with Crippen LogP contribution in [0.2, 0.25) is 0 Å². The summed E-state index contributed by atoms with van der Waals surface area (Å²) < 4.78 is 1.56. The Morgan fingerprint density at radius 2 is 2.00 bits per heavy atom. The molecule has 2 heterocycles. The predicted octanol–water partition coefficient (Wildman–Crippen LogP) is 2.06. The fourth-order valence-electron chi connectivity index (χ4n) is 1.70. The van der Waals surface area contributed by atoms with Crippen molar-refractivity contribution in [1.29, 1.82) is 0 Å². The first-order valence-electron chi connectivity index (χ1n) is 6.03. The van der Waals surface area contributed by atoms with E-state index in [0.29, 0.717) is 17.9 Å². The quantitative estimate of drug-likeness (QED) is 0.772. The van der Waals surface area contributed by atoms with Crippen LogP contribution in [0, 0.1) is 5.92 Å². The Bertz CT molecular complexity index is 545. The molecule has 18 heavy (non-hydrogen) atoms. The topological polar surface area (TPSA) is 60.7 Å². The van der Waals surface area contributed by atoms with E-state index in [4.69, 9.17) is 0 Å². The second kappa shape index (κ2) is 5.08. The van der Waals surface area contributed by atoms with Gasteiger partial charge in [0.25, 0.3) is 0 Å². The lowest BCUT2D eigenvalue weighted by atomic mass is 10.0. The van der Waals surface area contributed by atoms with Crippen molar-refractivity contribution < 1.29 is 4.79 Å². The van der Waals surface area contributed by atoms with Crippen molar-refractivity contribution >= 4 is 5.78 Å². The van der Waals surface area contributed by atoms with Crippen molar-refractivity contribution in [2.75, 3.05) is 0 Å². The smallest absolute Gasteiger partial charge is 0.250 e. The van der Waals surface area contributed by atoms with Crippen molar-refractivity contribution in [2.45, 2.75) is 27.2 Å². The summed E-state index contributed by atoms with van der Waals surface area (Å²) in [6, 6.07) is 1.74. The SMILES string of the molecule is CCc1nn(-c2ncccn2)cc1C(=O)C(C)C. The number of rotatable bonds is 4. The molecular formula is C13H16N4O. The Morgan fingerprint density at radius 3 is 2.56 bits per heavy atom. The molecule has 0 N–H and O–H groups in total. The van der Waals surface area contributed by atoms with E-state index in [2.05, 4.69) is 15.1 Å². The van der Waals surface area contributed by atoms with Gasteiger partial charge in [-0.2, -0.15) is 5.10 Å². The van der Waals surface area contributed by atoms with Crippen LogP contribution in [-0.2, 0) is 6.42 Å². The Balaban J connectivity index is 2.45. The fraction of sp³-hybridized carbons (Fsp3) is 0.385. The number of hydrogen-bond donors (Lipinski definition) is 0. The van der Waals surface area contributed by atoms with E-state index in [1.54, 1.807) is 29.3 Å². The van der Waals surface area contributed by atoms with E-state index >= 15 is 0 Å². The molecule has 0 saturated carbocycles. The summed E-state index contributed by atoms with van der Waals surface area (Å²) in [5.41, 5.74) is 1.46. The third-order valence-corrected chi connectivity index (χ3v) is 2.67. The number of aryl methyl sites for hydroxylation is 1. The van der Waals surface area contributed by atoms with E-state index < -0.39 is 0 Å². The molecule has 5 nitrogen and oxygen atoms in total. The lowest BCUT2D eigenvalue weighted by molar-refractivity contribution is 0.0938. The van der Waals surface area contributed by atoms with Gasteiger partial charge >= 0.3 is 0 Å². The van der Waals surface area contributed by atoms with E-state index in [1.165, 1.54) is 0 Å². The molecule has 0 unspecified atom stereocenters. The van der Waals surface area contributed by atoms with Crippen molar-refractivity contribution in [3.8, 4) is 5.95 Å². The lowest BCUT2D eigenvalue weighted by Crippen LogP contribution is -2.08. The zero-order valence-electron chi connectivity index (χ0n) is 10.8. The maximum Gasteiger partial charge on any atom is 0.250 e. The maximum atomic E-state index is 12.1. The molecule has 2 aromatic rings. The number of carbonyl (C=O) groups excluding carboxylic acids is 1. The third-order valence-electron chi connectivity index (χ3n) is 2.67. The van der Waals surface area contributed by atoms with Crippen LogP contribution in [0.4, 0.5) is 0 Å². The van der Waals surface area contributed by atoms with Crippen LogP contribution in [0.1, 0.15) is 36.8 Å². The Hall–Kier alpha value is -2.04. The zero-order chi connectivity index (χ0) is 13.1. The molecule has 0 spiro atoms. The minimum Gasteiger partial charge on any atom is -0.294 e. The van der Waals surface area contributed by atoms with E-state index in [1.807, 2.05) is 20.8 Å². The van der Waals surface area contributed by atoms with Crippen LogP contribution in [0.15, 0.2) is 24.7 Å². The number of carbonyl (C=O) groups is 1. The molecule has 2 rings (SSSR count). The number of ketones is 1. The number of Topliss-reactive ketones (excluding diaryl/α,β-unsaturated/α-hetero) is 1. The molecule has 0 radical (unpaired) electrons. The van der Waals surface area contributed by atoms with Crippen LogP contribution < -0.4 is 0 Å². The van der Waals surface area contributed by atoms with Gasteiger partial charge < -0.3 is 0 Å². The molecule has 0 aliphatic heterocycles. The molecule has 0 bridgehead atoms. The molecule has 0 aliphatic rings. The summed E-state index contributed by atoms with van der Waals surface area (Å²) in [6.07, 6.45) is 5.74. The van der Waals surface area contributed by atoms with Gasteiger partial charge in [0.1, 0.15) is 0 Å². The van der Waals surface area contributed by atoms with Gasteiger partial charge in [-0.3, -0.25) is 4.79 Å². The molecule has 0 amide bonds. The molecule has 0 atom stereocenters. The summed E-state index contributed by atoms with van der Waals surface area (Å²) in [6.45, 7) is 5.76. The molecular weight excluding hydrogens is 228 g/mol. The minimum absolute atomic E-state index is 0.0374. The normalized spacial score (nSPS) is 10.9. The molecule has 94 valence electrons. The van der Waals surface area contributed by atoms with E-state index in [0.717, 1.165) is 5.69 Å². The Labute approximate surface area is 106 Å². The van der Waals surface area contributed by atoms with Crippen molar-refractivity contribution in [3.63, 3.8) is 0 Å².